The lowest BCUT2D eigenvalue weighted by molar-refractivity contribution is 0.283. The number of benzene rings is 1. The second-order valence-corrected chi connectivity index (χ2v) is 12.1. The number of hydrogen-bond acceptors (Lipinski definition) is 2. The van der Waals surface area contributed by atoms with Crippen molar-refractivity contribution in [3.63, 3.8) is 0 Å². The number of hydrogen-bond donors (Lipinski definition) is 1. The van der Waals surface area contributed by atoms with E-state index in [4.69, 9.17) is 4.43 Å². The molecule has 0 amide bonds. The molecule has 1 N–H and O–H groups in total. The summed E-state index contributed by atoms with van der Waals surface area (Å²) in [5.74, 6) is 0. The molecule has 0 radical (unpaired) electrons. The van der Waals surface area contributed by atoms with E-state index in [-0.39, 0.29) is 10.6 Å². The Morgan fingerprint density at radius 3 is 2.32 bits per heavy atom. The van der Waals surface area contributed by atoms with Crippen LogP contribution in [0.25, 0.3) is 0 Å². The Balaban J connectivity index is 1.95. The fraction of sp³-hybridized carbons (Fsp3) is 0.625. The zero-order valence-corrected chi connectivity index (χ0v) is 14.1. The maximum atomic E-state index is 6.31. The van der Waals surface area contributed by atoms with E-state index in [0.717, 1.165) is 6.61 Å². The van der Waals surface area contributed by atoms with Gasteiger partial charge in [-0.05, 0) is 30.6 Å². The minimum atomic E-state index is -1.63. The summed E-state index contributed by atoms with van der Waals surface area (Å²) < 4.78 is 6.31. The van der Waals surface area contributed by atoms with E-state index in [1.54, 1.807) is 0 Å². The fourth-order valence-electron chi connectivity index (χ4n) is 2.11. The maximum Gasteiger partial charge on any atom is 0.192 e. The van der Waals surface area contributed by atoms with Crippen molar-refractivity contribution in [2.75, 3.05) is 6.61 Å². The van der Waals surface area contributed by atoms with Crippen molar-refractivity contribution in [1.29, 1.82) is 0 Å². The van der Waals surface area contributed by atoms with E-state index in [1.807, 2.05) is 0 Å². The van der Waals surface area contributed by atoms with Crippen LogP contribution >= 0.6 is 0 Å². The molecule has 0 aromatic heterocycles. The van der Waals surface area contributed by atoms with Gasteiger partial charge < -0.3 is 4.43 Å². The zero-order chi connectivity index (χ0) is 14.3. The highest BCUT2D eigenvalue weighted by Crippen LogP contribution is 2.40. The lowest BCUT2D eigenvalue weighted by atomic mass is 9.97. The van der Waals surface area contributed by atoms with Crippen molar-refractivity contribution in [1.82, 2.24) is 5.32 Å². The van der Waals surface area contributed by atoms with Crippen LogP contribution in [0, 0.1) is 0 Å². The summed E-state index contributed by atoms with van der Waals surface area (Å²) in [5, 5.41) is 3.87. The normalized spacial score (nSPS) is 27.4. The number of nitrogens with one attached hydrogen (secondary N) is 1. The summed E-state index contributed by atoms with van der Waals surface area (Å²) >= 11 is 0. The Bertz CT molecular complexity index is 438. The van der Waals surface area contributed by atoms with Gasteiger partial charge in [0.2, 0.25) is 0 Å². The van der Waals surface area contributed by atoms with Gasteiger partial charge in [-0.2, -0.15) is 0 Å². The molecule has 1 aliphatic rings. The van der Waals surface area contributed by atoms with Gasteiger partial charge in [0.1, 0.15) is 0 Å². The van der Waals surface area contributed by atoms with Crippen LogP contribution in [0.4, 0.5) is 0 Å². The maximum absolute atomic E-state index is 6.31. The van der Waals surface area contributed by atoms with Crippen LogP contribution < -0.4 is 5.32 Å². The average molecular weight is 277 g/mol. The summed E-state index contributed by atoms with van der Waals surface area (Å²) in [6, 6.07) is 11.1. The Labute approximate surface area is 118 Å². The Kier molecular flexibility index (Phi) is 3.67. The molecule has 106 valence electrons. The lowest BCUT2D eigenvalue weighted by Gasteiger charge is -2.36. The van der Waals surface area contributed by atoms with Gasteiger partial charge in [-0.3, -0.25) is 5.32 Å². The lowest BCUT2D eigenvalue weighted by Crippen LogP contribution is -2.42. The smallest absolute Gasteiger partial charge is 0.192 e. The highest BCUT2D eigenvalue weighted by atomic mass is 28.4. The first kappa shape index (κ1) is 14.8. The first-order chi connectivity index (χ1) is 8.67. The van der Waals surface area contributed by atoms with Crippen LogP contribution in [0.3, 0.4) is 0 Å². The minimum absolute atomic E-state index is 0.101. The van der Waals surface area contributed by atoms with Crippen LogP contribution in [0.5, 0.6) is 0 Å². The van der Waals surface area contributed by atoms with E-state index >= 15 is 0 Å². The highest BCUT2D eigenvalue weighted by molar-refractivity contribution is 6.74. The Morgan fingerprint density at radius 1 is 1.21 bits per heavy atom. The third kappa shape index (κ3) is 2.93. The summed E-state index contributed by atoms with van der Waals surface area (Å²) in [6.45, 7) is 14.6. The highest BCUT2D eigenvalue weighted by Gasteiger charge is 2.51. The van der Waals surface area contributed by atoms with Gasteiger partial charge >= 0.3 is 0 Å². The first-order valence-corrected chi connectivity index (χ1v) is 10.0. The molecule has 1 fully saturated rings. The first-order valence-electron chi connectivity index (χ1n) is 7.14. The van der Waals surface area contributed by atoms with Gasteiger partial charge in [0.15, 0.2) is 8.32 Å². The van der Waals surface area contributed by atoms with Crippen LogP contribution in [-0.4, -0.2) is 21.0 Å². The monoisotopic (exact) mass is 277 g/mol. The summed E-state index contributed by atoms with van der Waals surface area (Å²) in [4.78, 5) is 0. The third-order valence-electron chi connectivity index (χ3n) is 4.88. The molecule has 1 aromatic carbocycles. The van der Waals surface area contributed by atoms with Gasteiger partial charge in [0, 0.05) is 0 Å². The predicted molar refractivity (Wildman–Crippen MR) is 83.9 cm³/mol. The molecular weight excluding hydrogens is 250 g/mol. The molecule has 0 saturated carbocycles. The second kappa shape index (κ2) is 4.72. The molecule has 3 heteroatoms. The molecule has 1 aliphatic heterocycles. The van der Waals surface area contributed by atoms with Gasteiger partial charge in [-0.1, -0.05) is 51.1 Å². The molecule has 1 aromatic rings. The summed E-state index contributed by atoms with van der Waals surface area (Å²) in [6.07, 6.45) is 0. The molecule has 2 nitrogen and oxygen atoms in total. The fourth-order valence-corrected chi connectivity index (χ4v) is 3.12. The molecule has 0 unspecified atom stereocenters. The zero-order valence-electron chi connectivity index (χ0n) is 13.1. The Morgan fingerprint density at radius 2 is 1.79 bits per heavy atom. The van der Waals surface area contributed by atoms with Crippen LogP contribution in [-0.2, 0) is 9.96 Å². The second-order valence-electron chi connectivity index (χ2n) is 7.34. The van der Waals surface area contributed by atoms with Crippen molar-refractivity contribution in [3.8, 4) is 0 Å². The molecule has 2 atom stereocenters. The van der Waals surface area contributed by atoms with Crippen molar-refractivity contribution < 1.29 is 4.43 Å². The average Bonchev–Trinajstić information content (AvgIpc) is 2.99. The molecule has 0 bridgehead atoms. The molecule has 1 heterocycles. The van der Waals surface area contributed by atoms with Crippen molar-refractivity contribution >= 4 is 8.32 Å². The van der Waals surface area contributed by atoms with Crippen molar-refractivity contribution in [3.05, 3.63) is 35.9 Å². The van der Waals surface area contributed by atoms with Crippen LogP contribution in [0.15, 0.2) is 30.3 Å². The third-order valence-corrected chi connectivity index (χ3v) is 9.38. The van der Waals surface area contributed by atoms with Crippen molar-refractivity contribution in [2.24, 2.45) is 0 Å². The SMILES string of the molecule is CC(C)(C)[Si](C)(C)OC[C@H]1N[C@@]1(C)c1ccccc1. The van der Waals surface area contributed by atoms with Gasteiger partial charge in [-0.15, -0.1) is 0 Å². The predicted octanol–water partition coefficient (Wildman–Crippen LogP) is 3.90. The summed E-state index contributed by atoms with van der Waals surface area (Å²) in [7, 11) is -1.63. The summed E-state index contributed by atoms with van der Waals surface area (Å²) in [5.41, 5.74) is 1.46. The quantitative estimate of drug-likeness (QED) is 0.668. The van der Waals surface area contributed by atoms with E-state index in [2.05, 4.69) is 76.4 Å². The molecule has 19 heavy (non-hydrogen) atoms. The molecular formula is C16H27NOSi. The standard InChI is InChI=1S/C16H27NOSi/c1-15(2,3)19(5,6)18-12-14-16(4,17-14)13-10-8-7-9-11-13/h7-11,14,17H,12H2,1-6H3/t14-,16+/m1/s1. The molecule has 0 aliphatic carbocycles. The van der Waals surface area contributed by atoms with E-state index in [0.29, 0.717) is 6.04 Å². The topological polar surface area (TPSA) is 31.2 Å². The molecule has 0 spiro atoms. The van der Waals surface area contributed by atoms with Gasteiger partial charge in [-0.25, -0.2) is 0 Å². The van der Waals surface area contributed by atoms with E-state index in [1.165, 1.54) is 5.56 Å². The van der Waals surface area contributed by atoms with Crippen molar-refractivity contribution in [2.45, 2.75) is 57.4 Å². The van der Waals surface area contributed by atoms with Gasteiger partial charge in [0.05, 0.1) is 18.2 Å². The molecule has 2 rings (SSSR count). The van der Waals surface area contributed by atoms with Crippen LogP contribution in [0.2, 0.25) is 18.1 Å². The molecule has 1 saturated heterocycles. The number of rotatable bonds is 4. The minimum Gasteiger partial charge on any atom is -0.415 e. The largest absolute Gasteiger partial charge is 0.415 e. The Hall–Kier alpha value is -0.643. The van der Waals surface area contributed by atoms with Crippen LogP contribution in [0.1, 0.15) is 33.3 Å². The van der Waals surface area contributed by atoms with E-state index in [9.17, 15) is 0 Å². The van der Waals surface area contributed by atoms with Gasteiger partial charge in [0.25, 0.3) is 0 Å². The van der Waals surface area contributed by atoms with E-state index < -0.39 is 8.32 Å².